The van der Waals surface area contributed by atoms with Crippen molar-refractivity contribution in [1.29, 1.82) is 5.26 Å². The fraction of sp³-hybridized carbons (Fsp3) is 0. The van der Waals surface area contributed by atoms with Crippen LogP contribution in [-0.4, -0.2) is 10.2 Å². The molecule has 0 amide bonds. The maximum absolute atomic E-state index is 10.4. The van der Waals surface area contributed by atoms with Gasteiger partial charge in [0.1, 0.15) is 0 Å². The molecule has 2 N–H and O–H groups in total. The van der Waals surface area contributed by atoms with Gasteiger partial charge in [-0.15, -0.1) is 0 Å². The van der Waals surface area contributed by atoms with Crippen LogP contribution in [0.25, 0.3) is 0 Å². The lowest BCUT2D eigenvalue weighted by molar-refractivity contribution is 0.382. The van der Waals surface area contributed by atoms with Gasteiger partial charge >= 0.3 is 0 Å². The van der Waals surface area contributed by atoms with Crippen molar-refractivity contribution in [3.63, 3.8) is 0 Å². The van der Waals surface area contributed by atoms with Crippen LogP contribution >= 0.6 is 0 Å². The zero-order valence-electron chi connectivity index (χ0n) is 4.70. The summed E-state index contributed by atoms with van der Waals surface area (Å²) in [7, 11) is 0. The molecular weight excluding hydrogens is 136 g/mol. The second kappa shape index (κ2) is 1.84. The highest BCUT2D eigenvalue weighted by Crippen LogP contribution is 2.14. The molecule has 5 nitrogen and oxygen atoms in total. The van der Waals surface area contributed by atoms with Crippen LogP contribution < -0.4 is 10.8 Å². The van der Waals surface area contributed by atoms with Crippen LogP contribution in [0.3, 0.4) is 0 Å². The number of aromatic hydroxyl groups is 2. The summed E-state index contributed by atoms with van der Waals surface area (Å²) in [6, 6.07) is 0. The molecule has 0 saturated carbocycles. The first-order valence-corrected chi connectivity index (χ1v) is 2.32. The van der Waals surface area contributed by atoms with E-state index in [2.05, 4.69) is 4.99 Å². The van der Waals surface area contributed by atoms with Gasteiger partial charge in [0, 0.05) is 0 Å². The Balaban J connectivity index is 3.40. The first-order valence-electron chi connectivity index (χ1n) is 2.32. The summed E-state index contributed by atoms with van der Waals surface area (Å²) in [5, 5.41) is 24.6. The van der Waals surface area contributed by atoms with Crippen LogP contribution in [0.1, 0.15) is 0 Å². The van der Waals surface area contributed by atoms with E-state index in [-0.39, 0.29) is 5.36 Å². The van der Waals surface area contributed by atoms with Gasteiger partial charge in [0.05, 0.1) is 0 Å². The van der Waals surface area contributed by atoms with E-state index in [0.717, 1.165) is 0 Å². The molecule has 0 spiro atoms. The Morgan fingerprint density at radius 2 is 2.00 bits per heavy atom. The fourth-order valence-electron chi connectivity index (χ4n) is 0.531. The highest BCUT2D eigenvalue weighted by molar-refractivity contribution is 5.42. The Kier molecular flexibility index (Phi) is 1.16. The first-order chi connectivity index (χ1) is 4.68. The van der Waals surface area contributed by atoms with Crippen LogP contribution in [0.15, 0.2) is 9.79 Å². The van der Waals surface area contributed by atoms with Gasteiger partial charge in [0.2, 0.25) is 11.9 Å². The predicted molar refractivity (Wildman–Crippen MR) is 29.6 cm³/mol. The largest absolute Gasteiger partial charge is 0.503 e. The van der Waals surface area contributed by atoms with Crippen molar-refractivity contribution in [1.82, 2.24) is 0 Å². The van der Waals surface area contributed by atoms with E-state index in [0.29, 0.717) is 0 Å². The number of nitriles is 1. The summed E-state index contributed by atoms with van der Waals surface area (Å²) < 4.78 is 0. The topological polar surface area (TPSA) is 93.7 Å². The van der Waals surface area contributed by atoms with Gasteiger partial charge in [-0.1, -0.05) is 0 Å². The van der Waals surface area contributed by atoms with Gasteiger partial charge in [0.15, 0.2) is 11.1 Å². The molecule has 10 heavy (non-hydrogen) atoms. The van der Waals surface area contributed by atoms with Gasteiger partial charge in [-0.05, 0) is 0 Å². The van der Waals surface area contributed by atoms with Crippen LogP contribution in [0, 0.1) is 11.5 Å². The molecule has 0 unspecified atom stereocenters. The average molecular weight is 138 g/mol. The molecule has 0 radical (unpaired) electrons. The van der Waals surface area contributed by atoms with Crippen molar-refractivity contribution >= 4 is 0 Å². The van der Waals surface area contributed by atoms with E-state index in [9.17, 15) is 4.79 Å². The Bertz CT molecular complexity index is 378. The maximum Gasteiger partial charge on any atom is 0.254 e. The van der Waals surface area contributed by atoms with Crippen LogP contribution in [0.2, 0.25) is 0 Å². The van der Waals surface area contributed by atoms with Gasteiger partial charge in [-0.3, -0.25) is 4.79 Å². The van der Waals surface area contributed by atoms with Crippen molar-refractivity contribution in [3.05, 3.63) is 15.6 Å². The number of hydrogen-bond donors (Lipinski definition) is 2. The van der Waals surface area contributed by atoms with Gasteiger partial charge in [-0.2, -0.15) is 10.3 Å². The summed E-state index contributed by atoms with van der Waals surface area (Å²) in [6.45, 7) is 0. The molecule has 1 rings (SSSR count). The third-order valence-corrected chi connectivity index (χ3v) is 1.04. The number of hydrogen-bond acceptors (Lipinski definition) is 5. The lowest BCUT2D eigenvalue weighted by Crippen LogP contribution is -2.30. The third-order valence-electron chi connectivity index (χ3n) is 1.04. The second-order valence-electron chi connectivity index (χ2n) is 1.59. The van der Waals surface area contributed by atoms with Crippen molar-refractivity contribution in [2.24, 2.45) is 4.99 Å². The molecule has 0 aliphatic heterocycles. The average Bonchev–Trinajstić information content (AvgIpc) is 1.98. The Morgan fingerprint density at radius 1 is 1.40 bits per heavy atom. The Labute approximate surface area is 54.8 Å². The summed E-state index contributed by atoms with van der Waals surface area (Å²) in [5.41, 5.74) is -0.793. The maximum atomic E-state index is 10.4. The van der Waals surface area contributed by atoms with E-state index in [1.54, 1.807) is 0 Å². The molecule has 0 atom stereocenters. The SMILES string of the molecule is N#CN=c1c(O)c(O)c1=O. The normalized spacial score (nSPS) is 11.7. The van der Waals surface area contributed by atoms with Crippen molar-refractivity contribution in [2.75, 3.05) is 0 Å². The molecule has 0 aliphatic rings. The smallest absolute Gasteiger partial charge is 0.254 e. The monoisotopic (exact) mass is 138 g/mol. The molecule has 0 aliphatic carbocycles. The zero-order valence-corrected chi connectivity index (χ0v) is 4.70. The molecule has 1 aromatic rings. The summed E-state index contributed by atoms with van der Waals surface area (Å²) >= 11 is 0. The van der Waals surface area contributed by atoms with E-state index >= 15 is 0 Å². The van der Waals surface area contributed by atoms with Crippen molar-refractivity contribution in [3.8, 4) is 17.7 Å². The lowest BCUT2D eigenvalue weighted by atomic mass is 10.2. The molecule has 50 valence electrons. The van der Waals surface area contributed by atoms with E-state index < -0.39 is 16.9 Å². The van der Waals surface area contributed by atoms with E-state index in [4.69, 9.17) is 15.5 Å². The molecule has 5 heteroatoms. The van der Waals surface area contributed by atoms with E-state index in [1.807, 2.05) is 0 Å². The highest BCUT2D eigenvalue weighted by atomic mass is 16.3. The van der Waals surface area contributed by atoms with Crippen LogP contribution in [-0.2, 0) is 0 Å². The molecule has 0 aromatic heterocycles. The quantitative estimate of drug-likeness (QED) is 0.436. The highest BCUT2D eigenvalue weighted by Gasteiger charge is 2.16. The molecule has 1 aromatic carbocycles. The minimum absolute atomic E-state index is 0.375. The van der Waals surface area contributed by atoms with E-state index in [1.165, 1.54) is 6.19 Å². The third kappa shape index (κ3) is 0.559. The minimum atomic E-state index is -0.793. The van der Waals surface area contributed by atoms with Crippen molar-refractivity contribution < 1.29 is 10.2 Å². The fourth-order valence-corrected chi connectivity index (χ4v) is 0.531. The van der Waals surface area contributed by atoms with Crippen LogP contribution in [0.5, 0.6) is 11.5 Å². The molecule has 0 heterocycles. The van der Waals surface area contributed by atoms with Gasteiger partial charge in [0.25, 0.3) is 5.43 Å². The molecule has 0 bridgehead atoms. The first kappa shape index (κ1) is 6.29. The van der Waals surface area contributed by atoms with Gasteiger partial charge in [-0.25, -0.2) is 0 Å². The number of nitrogens with zero attached hydrogens (tertiary/aromatic N) is 2. The van der Waals surface area contributed by atoms with Gasteiger partial charge < -0.3 is 10.2 Å². The minimum Gasteiger partial charge on any atom is -0.503 e. The summed E-state index contributed by atoms with van der Waals surface area (Å²) in [6.07, 6.45) is 1.31. The van der Waals surface area contributed by atoms with Crippen LogP contribution in [0.4, 0.5) is 0 Å². The van der Waals surface area contributed by atoms with Crippen molar-refractivity contribution in [2.45, 2.75) is 0 Å². The summed E-state index contributed by atoms with van der Waals surface area (Å²) in [5.74, 6) is -1.33. The molecule has 0 saturated heterocycles. The standard InChI is InChI=1S/C5H2N2O3/c6-1-7-2-3(8)5(10)4(2)9/h8,10H. The zero-order chi connectivity index (χ0) is 7.72. The summed E-state index contributed by atoms with van der Waals surface area (Å²) in [4.78, 5) is 13.4. The molecule has 0 fully saturated rings. The Morgan fingerprint density at radius 3 is 2.40 bits per heavy atom. The second-order valence-corrected chi connectivity index (χ2v) is 1.59. The Hall–Kier alpha value is -1.83. The molecular formula is C5H2N2O3. The predicted octanol–water partition coefficient (Wildman–Crippen LogP) is -1.28. The number of rotatable bonds is 0. The lowest BCUT2D eigenvalue weighted by Gasteiger charge is -1.96.